The summed E-state index contributed by atoms with van der Waals surface area (Å²) >= 11 is 5.58. The van der Waals surface area contributed by atoms with Gasteiger partial charge in [0.25, 0.3) is 0 Å². The van der Waals surface area contributed by atoms with Gasteiger partial charge in [0.1, 0.15) is 8.07 Å². The van der Waals surface area contributed by atoms with Crippen LogP contribution < -0.4 is 0 Å². The summed E-state index contributed by atoms with van der Waals surface area (Å²) in [4.78, 5) is 0. The molecular formula is C11H19ClSi. The lowest BCUT2D eigenvalue weighted by Crippen LogP contribution is -2.16. The van der Waals surface area contributed by atoms with E-state index >= 15 is 0 Å². The number of halogens is 1. The van der Waals surface area contributed by atoms with Gasteiger partial charge in [-0.15, -0.1) is 23.1 Å². The van der Waals surface area contributed by atoms with Crippen molar-refractivity contribution in [3.8, 4) is 11.5 Å². The first kappa shape index (κ1) is 12.8. The van der Waals surface area contributed by atoms with Crippen LogP contribution in [0, 0.1) is 11.5 Å². The van der Waals surface area contributed by atoms with Crippen molar-refractivity contribution >= 4 is 19.7 Å². The summed E-state index contributed by atoms with van der Waals surface area (Å²) in [5.41, 5.74) is 4.70. The Morgan fingerprint density at radius 2 is 2.00 bits per heavy atom. The molecule has 0 radical (unpaired) electrons. The summed E-state index contributed by atoms with van der Waals surface area (Å²) in [5.74, 6) is 3.86. The molecule has 0 aromatic rings. The van der Waals surface area contributed by atoms with E-state index in [0.717, 1.165) is 12.8 Å². The lowest BCUT2D eigenvalue weighted by Gasteiger charge is -2.03. The molecule has 0 saturated heterocycles. The largest absolute Gasteiger partial charge is 0.132 e. The maximum atomic E-state index is 5.58. The highest BCUT2D eigenvalue weighted by molar-refractivity contribution is 6.83. The molecular weight excluding hydrogens is 196 g/mol. The summed E-state index contributed by atoms with van der Waals surface area (Å²) in [6, 6.07) is 0. The standard InChI is InChI=1S/C11H19ClSi/c1-11(8-9-12)7-5-6-10-13(2,3)4/h8H,5,7,9H2,1-4H3/b11-8+. The fourth-order valence-electron chi connectivity index (χ4n) is 0.821. The Morgan fingerprint density at radius 1 is 1.38 bits per heavy atom. The zero-order chi connectivity index (χ0) is 10.3. The molecule has 0 rings (SSSR count). The minimum atomic E-state index is -1.15. The van der Waals surface area contributed by atoms with Crippen LogP contribution in [-0.4, -0.2) is 14.0 Å². The second kappa shape index (κ2) is 6.29. The molecule has 0 saturated carbocycles. The van der Waals surface area contributed by atoms with Crippen molar-refractivity contribution in [2.45, 2.75) is 39.4 Å². The molecule has 13 heavy (non-hydrogen) atoms. The van der Waals surface area contributed by atoms with Crippen LogP contribution >= 0.6 is 11.6 Å². The summed E-state index contributed by atoms with van der Waals surface area (Å²) < 4.78 is 0. The van der Waals surface area contributed by atoms with Crippen LogP contribution in [0.2, 0.25) is 19.6 Å². The van der Waals surface area contributed by atoms with E-state index in [4.69, 9.17) is 11.6 Å². The van der Waals surface area contributed by atoms with E-state index in [0.29, 0.717) is 5.88 Å². The molecule has 0 bridgehead atoms. The molecule has 0 amide bonds. The summed E-state index contributed by atoms with van der Waals surface area (Å²) in [5, 5.41) is 0. The molecule has 0 nitrogen and oxygen atoms in total. The van der Waals surface area contributed by atoms with Crippen molar-refractivity contribution in [3.63, 3.8) is 0 Å². The molecule has 0 aliphatic heterocycles. The van der Waals surface area contributed by atoms with Gasteiger partial charge in [-0.3, -0.25) is 0 Å². The van der Waals surface area contributed by atoms with E-state index in [9.17, 15) is 0 Å². The van der Waals surface area contributed by atoms with E-state index in [1.165, 1.54) is 5.57 Å². The van der Waals surface area contributed by atoms with Crippen LogP contribution in [0.4, 0.5) is 0 Å². The Kier molecular flexibility index (Phi) is 6.20. The number of rotatable bonds is 3. The number of allylic oxidation sites excluding steroid dienone is 2. The average molecular weight is 215 g/mol. The maximum Gasteiger partial charge on any atom is 0.129 e. The summed E-state index contributed by atoms with van der Waals surface area (Å²) in [7, 11) is -1.15. The van der Waals surface area contributed by atoms with Crippen LogP contribution in [0.25, 0.3) is 0 Å². The highest BCUT2D eigenvalue weighted by Gasteiger charge is 2.06. The average Bonchev–Trinajstić information content (AvgIpc) is 1.97. The highest BCUT2D eigenvalue weighted by atomic mass is 35.5. The second-order valence-corrected chi connectivity index (χ2v) is 9.32. The van der Waals surface area contributed by atoms with Gasteiger partial charge in [-0.1, -0.05) is 31.3 Å². The van der Waals surface area contributed by atoms with Gasteiger partial charge in [0, 0.05) is 12.3 Å². The van der Waals surface area contributed by atoms with Crippen molar-refractivity contribution in [1.82, 2.24) is 0 Å². The Labute approximate surface area is 88.4 Å². The van der Waals surface area contributed by atoms with Crippen LogP contribution in [-0.2, 0) is 0 Å². The minimum absolute atomic E-state index is 0.618. The van der Waals surface area contributed by atoms with Gasteiger partial charge in [-0.25, -0.2) is 0 Å². The van der Waals surface area contributed by atoms with Gasteiger partial charge >= 0.3 is 0 Å². The fourth-order valence-corrected chi connectivity index (χ4v) is 1.74. The maximum absolute atomic E-state index is 5.58. The fraction of sp³-hybridized carbons (Fsp3) is 0.636. The molecule has 0 fully saturated rings. The van der Waals surface area contributed by atoms with E-state index in [-0.39, 0.29) is 0 Å². The normalized spacial score (nSPS) is 12.2. The zero-order valence-corrected chi connectivity index (χ0v) is 10.8. The molecule has 0 aromatic carbocycles. The first-order chi connectivity index (χ1) is 5.95. The van der Waals surface area contributed by atoms with E-state index < -0.39 is 8.07 Å². The van der Waals surface area contributed by atoms with Gasteiger partial charge < -0.3 is 0 Å². The molecule has 0 unspecified atom stereocenters. The topological polar surface area (TPSA) is 0 Å². The van der Waals surface area contributed by atoms with Crippen molar-refractivity contribution < 1.29 is 0 Å². The molecule has 2 heteroatoms. The SMILES string of the molecule is C/C(=C\CCl)CCC#C[Si](C)(C)C. The lowest BCUT2D eigenvalue weighted by atomic mass is 10.2. The third-order valence-corrected chi connectivity index (χ3v) is 2.61. The molecule has 0 aliphatic rings. The van der Waals surface area contributed by atoms with Crippen LogP contribution in [0.3, 0.4) is 0 Å². The predicted octanol–water partition coefficient (Wildman–Crippen LogP) is 3.83. The number of hydrogen-bond acceptors (Lipinski definition) is 0. The summed E-state index contributed by atoms with van der Waals surface area (Å²) in [6.07, 6.45) is 4.09. The van der Waals surface area contributed by atoms with E-state index in [2.05, 4.69) is 44.1 Å². The van der Waals surface area contributed by atoms with Gasteiger partial charge in [0.05, 0.1) is 0 Å². The Balaban J connectivity index is 3.78. The van der Waals surface area contributed by atoms with Crippen molar-refractivity contribution in [2.24, 2.45) is 0 Å². The van der Waals surface area contributed by atoms with Gasteiger partial charge in [-0.2, -0.15) is 0 Å². The van der Waals surface area contributed by atoms with Crippen molar-refractivity contribution in [1.29, 1.82) is 0 Å². The van der Waals surface area contributed by atoms with Crippen molar-refractivity contribution in [2.75, 3.05) is 5.88 Å². The molecule has 0 spiro atoms. The van der Waals surface area contributed by atoms with Crippen LogP contribution in [0.5, 0.6) is 0 Å². The molecule has 0 aromatic heterocycles. The Morgan fingerprint density at radius 3 is 2.46 bits per heavy atom. The quantitative estimate of drug-likeness (QED) is 0.290. The Hall–Kier alpha value is -0.193. The van der Waals surface area contributed by atoms with Crippen LogP contribution in [0.15, 0.2) is 11.6 Å². The Bertz CT molecular complexity index is 225. The van der Waals surface area contributed by atoms with Gasteiger partial charge in [0.2, 0.25) is 0 Å². The smallest absolute Gasteiger partial charge is 0.129 e. The lowest BCUT2D eigenvalue weighted by molar-refractivity contribution is 0.998. The summed E-state index contributed by atoms with van der Waals surface area (Å²) in [6.45, 7) is 8.91. The molecule has 0 atom stereocenters. The molecule has 74 valence electrons. The number of hydrogen-bond donors (Lipinski definition) is 0. The second-order valence-electron chi connectivity index (χ2n) is 4.26. The first-order valence-electron chi connectivity index (χ1n) is 4.67. The monoisotopic (exact) mass is 214 g/mol. The minimum Gasteiger partial charge on any atom is -0.132 e. The predicted molar refractivity (Wildman–Crippen MR) is 64.8 cm³/mol. The zero-order valence-electron chi connectivity index (χ0n) is 9.08. The van der Waals surface area contributed by atoms with E-state index in [1.54, 1.807) is 0 Å². The first-order valence-corrected chi connectivity index (χ1v) is 8.71. The molecule has 0 heterocycles. The third kappa shape index (κ3) is 9.72. The number of alkyl halides is 1. The molecule has 0 aliphatic carbocycles. The van der Waals surface area contributed by atoms with E-state index in [1.807, 2.05) is 0 Å². The van der Waals surface area contributed by atoms with Crippen LogP contribution in [0.1, 0.15) is 19.8 Å². The third-order valence-electron chi connectivity index (χ3n) is 1.53. The van der Waals surface area contributed by atoms with Gasteiger partial charge in [0.15, 0.2) is 0 Å². The van der Waals surface area contributed by atoms with Gasteiger partial charge in [-0.05, 0) is 13.3 Å². The molecule has 0 N–H and O–H groups in total. The highest BCUT2D eigenvalue weighted by Crippen LogP contribution is 2.04. The van der Waals surface area contributed by atoms with Crippen molar-refractivity contribution in [3.05, 3.63) is 11.6 Å².